The third-order valence-electron chi connectivity index (χ3n) is 3.77. The SMILES string of the molecule is COc1ccc(C(CC(F)(F)F)C(O)c2cc(C)c(C#N)s2)c(Cl)c1. The summed E-state index contributed by atoms with van der Waals surface area (Å²) in [5.74, 6) is -0.879. The van der Waals surface area contributed by atoms with E-state index in [-0.39, 0.29) is 10.6 Å². The number of aliphatic hydroxyl groups excluding tert-OH is 1. The summed E-state index contributed by atoms with van der Waals surface area (Å²) in [5, 5.41) is 19.7. The van der Waals surface area contributed by atoms with Crippen molar-refractivity contribution >= 4 is 22.9 Å². The Balaban J connectivity index is 2.47. The zero-order valence-corrected chi connectivity index (χ0v) is 15.0. The Hall–Kier alpha value is -1.75. The molecule has 8 heteroatoms. The highest BCUT2D eigenvalue weighted by Gasteiger charge is 2.38. The molecule has 1 heterocycles. The van der Waals surface area contributed by atoms with Crippen LogP contribution in [-0.2, 0) is 0 Å². The zero-order chi connectivity index (χ0) is 18.8. The van der Waals surface area contributed by atoms with E-state index in [0.29, 0.717) is 21.1 Å². The van der Waals surface area contributed by atoms with Gasteiger partial charge in [0, 0.05) is 15.8 Å². The number of nitrogens with zero attached hydrogens (tertiary/aromatic N) is 1. The predicted octanol–water partition coefficient (Wildman–Crippen LogP) is 5.36. The second-order valence-corrected chi connectivity index (χ2v) is 7.02. The van der Waals surface area contributed by atoms with Crippen LogP contribution in [0.4, 0.5) is 13.2 Å². The van der Waals surface area contributed by atoms with Crippen LogP contribution in [-0.4, -0.2) is 18.4 Å². The smallest absolute Gasteiger partial charge is 0.389 e. The molecule has 0 bridgehead atoms. The molecule has 0 spiro atoms. The number of aryl methyl sites for hydroxylation is 1. The normalized spacial score (nSPS) is 14.0. The number of ether oxygens (including phenoxy) is 1. The molecule has 2 rings (SSSR count). The molecule has 2 unspecified atom stereocenters. The summed E-state index contributed by atoms with van der Waals surface area (Å²) in [4.78, 5) is 0.663. The second kappa shape index (κ2) is 7.65. The van der Waals surface area contributed by atoms with Gasteiger partial charge in [0.05, 0.1) is 19.6 Å². The molecule has 2 atom stereocenters. The van der Waals surface area contributed by atoms with Crippen LogP contribution in [0.25, 0.3) is 0 Å². The molecule has 0 saturated carbocycles. The Bertz CT molecular complexity index is 798. The highest BCUT2D eigenvalue weighted by molar-refractivity contribution is 7.12. The topological polar surface area (TPSA) is 53.2 Å². The minimum Gasteiger partial charge on any atom is -0.497 e. The van der Waals surface area contributed by atoms with Crippen LogP contribution in [0.15, 0.2) is 24.3 Å². The maximum atomic E-state index is 13.1. The Kier molecular flexibility index (Phi) is 5.99. The summed E-state index contributed by atoms with van der Waals surface area (Å²) in [6.07, 6.45) is -7.16. The average Bonchev–Trinajstić information content (AvgIpc) is 2.92. The van der Waals surface area contributed by atoms with E-state index < -0.39 is 24.6 Å². The summed E-state index contributed by atoms with van der Waals surface area (Å²) >= 11 is 7.10. The van der Waals surface area contributed by atoms with E-state index in [1.165, 1.54) is 31.4 Å². The van der Waals surface area contributed by atoms with Gasteiger partial charge in [-0.3, -0.25) is 0 Å². The van der Waals surface area contributed by atoms with Gasteiger partial charge < -0.3 is 9.84 Å². The molecular formula is C17H15ClF3NO2S. The van der Waals surface area contributed by atoms with E-state index in [1.807, 2.05) is 6.07 Å². The van der Waals surface area contributed by atoms with Gasteiger partial charge >= 0.3 is 6.18 Å². The Labute approximate surface area is 152 Å². The van der Waals surface area contributed by atoms with Crippen molar-refractivity contribution in [2.75, 3.05) is 7.11 Å². The number of hydrogen-bond donors (Lipinski definition) is 1. The third kappa shape index (κ3) is 4.66. The minimum absolute atomic E-state index is 0.0847. The Morgan fingerprint density at radius 1 is 1.36 bits per heavy atom. The summed E-state index contributed by atoms with van der Waals surface area (Å²) in [6.45, 7) is 1.67. The third-order valence-corrected chi connectivity index (χ3v) is 5.31. The van der Waals surface area contributed by atoms with Crippen molar-refractivity contribution in [1.82, 2.24) is 0 Å². The molecule has 25 heavy (non-hydrogen) atoms. The van der Waals surface area contributed by atoms with Crippen LogP contribution in [0.3, 0.4) is 0 Å². The number of nitriles is 1. The second-order valence-electron chi connectivity index (χ2n) is 5.53. The number of rotatable bonds is 5. The number of hydrogen-bond acceptors (Lipinski definition) is 4. The molecule has 0 saturated heterocycles. The van der Waals surface area contributed by atoms with Crippen molar-refractivity contribution in [2.45, 2.75) is 31.5 Å². The predicted molar refractivity (Wildman–Crippen MR) is 90.1 cm³/mol. The largest absolute Gasteiger partial charge is 0.497 e. The molecule has 1 N–H and O–H groups in total. The maximum absolute atomic E-state index is 13.1. The van der Waals surface area contributed by atoms with Crippen molar-refractivity contribution in [3.05, 3.63) is 50.2 Å². The summed E-state index contributed by atoms with van der Waals surface area (Å²) in [5.41, 5.74) is 0.796. The molecule has 1 aromatic carbocycles. The number of alkyl halides is 3. The first-order chi connectivity index (χ1) is 11.7. The molecule has 0 aliphatic heterocycles. The van der Waals surface area contributed by atoms with Crippen molar-refractivity contribution < 1.29 is 23.0 Å². The van der Waals surface area contributed by atoms with Gasteiger partial charge in [-0.1, -0.05) is 17.7 Å². The van der Waals surface area contributed by atoms with Crippen LogP contribution in [0.1, 0.15) is 39.3 Å². The molecule has 0 fully saturated rings. The van der Waals surface area contributed by atoms with E-state index in [4.69, 9.17) is 21.6 Å². The first-order valence-electron chi connectivity index (χ1n) is 7.25. The van der Waals surface area contributed by atoms with Gasteiger partial charge in [0.25, 0.3) is 0 Å². The molecule has 1 aromatic heterocycles. The molecule has 3 nitrogen and oxygen atoms in total. The van der Waals surface area contributed by atoms with E-state index in [9.17, 15) is 18.3 Å². The number of methoxy groups -OCH3 is 1. The maximum Gasteiger partial charge on any atom is 0.389 e. The lowest BCUT2D eigenvalue weighted by Gasteiger charge is -2.25. The molecule has 134 valence electrons. The Morgan fingerprint density at radius 3 is 2.52 bits per heavy atom. The lowest BCUT2D eigenvalue weighted by molar-refractivity contribution is -0.144. The fraction of sp³-hybridized carbons (Fsp3) is 0.353. The lowest BCUT2D eigenvalue weighted by atomic mass is 9.89. The van der Waals surface area contributed by atoms with Gasteiger partial charge in [-0.2, -0.15) is 18.4 Å². The van der Waals surface area contributed by atoms with Crippen molar-refractivity contribution in [3.8, 4) is 11.8 Å². The van der Waals surface area contributed by atoms with Crippen molar-refractivity contribution in [1.29, 1.82) is 5.26 Å². The van der Waals surface area contributed by atoms with Crippen LogP contribution in [0, 0.1) is 18.3 Å². The molecule has 0 radical (unpaired) electrons. The van der Waals surface area contributed by atoms with Gasteiger partial charge in [0.1, 0.15) is 16.7 Å². The van der Waals surface area contributed by atoms with Gasteiger partial charge in [-0.25, -0.2) is 0 Å². The standard InChI is InChI=1S/C17H15ClF3NO2S/c1-9-5-14(25-15(9)8-22)16(23)12(7-17(19,20)21)11-4-3-10(24-2)6-13(11)18/h3-6,12,16,23H,7H2,1-2H3. The van der Waals surface area contributed by atoms with Crippen molar-refractivity contribution in [3.63, 3.8) is 0 Å². The van der Waals surface area contributed by atoms with Crippen LogP contribution in [0.5, 0.6) is 5.75 Å². The number of thiophene rings is 1. The zero-order valence-electron chi connectivity index (χ0n) is 13.4. The van der Waals surface area contributed by atoms with Gasteiger partial charge in [-0.15, -0.1) is 11.3 Å². The summed E-state index contributed by atoms with van der Waals surface area (Å²) < 4.78 is 44.2. The van der Waals surface area contributed by atoms with E-state index >= 15 is 0 Å². The van der Waals surface area contributed by atoms with Gasteiger partial charge in [-0.05, 0) is 36.2 Å². The monoisotopic (exact) mass is 389 g/mol. The van der Waals surface area contributed by atoms with E-state index in [0.717, 1.165) is 11.3 Å². The fourth-order valence-electron chi connectivity index (χ4n) is 2.54. The van der Waals surface area contributed by atoms with Crippen LogP contribution >= 0.6 is 22.9 Å². The highest BCUT2D eigenvalue weighted by atomic mass is 35.5. The quantitative estimate of drug-likeness (QED) is 0.748. The number of aliphatic hydroxyl groups is 1. The first-order valence-corrected chi connectivity index (χ1v) is 8.44. The highest BCUT2D eigenvalue weighted by Crippen LogP contribution is 2.44. The van der Waals surface area contributed by atoms with E-state index in [1.54, 1.807) is 6.92 Å². The molecule has 2 aromatic rings. The summed E-state index contributed by atoms with van der Waals surface area (Å²) in [7, 11) is 1.42. The van der Waals surface area contributed by atoms with E-state index in [2.05, 4.69) is 0 Å². The molecule has 0 amide bonds. The minimum atomic E-state index is -4.49. The lowest BCUT2D eigenvalue weighted by Crippen LogP contribution is -2.19. The van der Waals surface area contributed by atoms with Crippen LogP contribution < -0.4 is 4.74 Å². The molecular weight excluding hydrogens is 375 g/mol. The van der Waals surface area contributed by atoms with Crippen LogP contribution in [0.2, 0.25) is 5.02 Å². The van der Waals surface area contributed by atoms with Crippen molar-refractivity contribution in [2.24, 2.45) is 0 Å². The van der Waals surface area contributed by atoms with Gasteiger partial charge in [0.2, 0.25) is 0 Å². The summed E-state index contributed by atoms with van der Waals surface area (Å²) in [6, 6.07) is 7.83. The Morgan fingerprint density at radius 2 is 2.04 bits per heavy atom. The van der Waals surface area contributed by atoms with Gasteiger partial charge in [0.15, 0.2) is 0 Å². The number of halogens is 4. The average molecular weight is 390 g/mol. The molecule has 0 aliphatic rings. The number of benzene rings is 1. The molecule has 0 aliphatic carbocycles. The fourth-order valence-corrected chi connectivity index (χ4v) is 3.87. The first kappa shape index (κ1) is 19.6.